The zero-order valence-corrected chi connectivity index (χ0v) is 20.4. The van der Waals surface area contributed by atoms with Gasteiger partial charge >= 0.3 is 17.1 Å². The molecule has 2 aromatic carbocycles. The van der Waals surface area contributed by atoms with Crippen LogP contribution < -0.4 is 0 Å². The minimum Gasteiger partial charge on any atom is -0.214 e. The third-order valence-corrected chi connectivity index (χ3v) is 5.70. The molecule has 0 amide bonds. The molecule has 0 atom stereocenters. The van der Waals surface area contributed by atoms with Crippen molar-refractivity contribution in [1.82, 2.24) is 0 Å². The van der Waals surface area contributed by atoms with Crippen molar-refractivity contribution in [2.45, 2.75) is 96.3 Å². The second-order valence-electron chi connectivity index (χ2n) is 7.64. The van der Waals surface area contributed by atoms with Gasteiger partial charge in [0.15, 0.2) is 0 Å². The van der Waals surface area contributed by atoms with E-state index < -0.39 is 0 Å². The summed E-state index contributed by atoms with van der Waals surface area (Å²) in [7, 11) is 0. The first-order chi connectivity index (χ1) is 13.4. The molecule has 0 fully saturated rings. The second kappa shape index (κ2) is 23.0. The Balaban J connectivity index is 0.00000105. The summed E-state index contributed by atoms with van der Waals surface area (Å²) in [5.74, 6) is 0. The fourth-order valence-electron chi connectivity index (χ4n) is 3.45. The van der Waals surface area contributed by atoms with Crippen LogP contribution in [0.5, 0.6) is 0 Å². The van der Waals surface area contributed by atoms with Gasteiger partial charge in [-0.1, -0.05) is 106 Å². The molecule has 0 aliphatic rings. The Bertz CT molecular complexity index is 443. The van der Waals surface area contributed by atoms with Crippen molar-refractivity contribution in [1.29, 1.82) is 0 Å². The van der Waals surface area contributed by atoms with Gasteiger partial charge in [0.2, 0.25) is 0 Å². The third kappa shape index (κ3) is 19.0. The minimum atomic E-state index is 0. The number of aryl methyl sites for hydroxylation is 1. The van der Waals surface area contributed by atoms with Crippen LogP contribution in [0.2, 0.25) is 0 Å². The first kappa shape index (κ1) is 27.7. The van der Waals surface area contributed by atoms with Gasteiger partial charge < -0.3 is 0 Å². The molecule has 0 aliphatic carbocycles. The smallest absolute Gasteiger partial charge is 0.214 e. The van der Waals surface area contributed by atoms with E-state index in [9.17, 15) is 0 Å². The quantitative estimate of drug-likeness (QED) is 0.0954. The molecule has 28 heavy (non-hydrogen) atoms. The van der Waals surface area contributed by atoms with E-state index >= 15 is 0 Å². The number of hydrogen-bond donors (Lipinski definition) is 0. The van der Waals surface area contributed by atoms with E-state index in [-0.39, 0.29) is 17.1 Å². The van der Waals surface area contributed by atoms with Gasteiger partial charge in [-0.2, -0.15) is 42.0 Å². The van der Waals surface area contributed by atoms with Crippen molar-refractivity contribution < 1.29 is 17.1 Å². The van der Waals surface area contributed by atoms with Crippen LogP contribution in [-0.4, -0.2) is 5.33 Å². The Morgan fingerprint density at radius 3 is 1.39 bits per heavy atom. The predicted molar refractivity (Wildman–Crippen MR) is 126 cm³/mol. The summed E-state index contributed by atoms with van der Waals surface area (Å²) in [6.07, 6.45) is 21.4. The summed E-state index contributed by atoms with van der Waals surface area (Å²) >= 11 is 3.50. The van der Waals surface area contributed by atoms with Gasteiger partial charge in [0.25, 0.3) is 0 Å². The summed E-state index contributed by atoms with van der Waals surface area (Å²) in [6.45, 7) is 0. The standard InChI is InChI=1S/C21H36Br.C5H5.Fe/c22-20-16-12-10-8-6-4-2-1-3-5-7-9-11-13-17-21-18-14-15-19-21;1-2-4-5-3-1;/h14-15,18-19H,1-13,16-17,20H2;1-5H;/q2*-1;+2. The van der Waals surface area contributed by atoms with Crippen molar-refractivity contribution in [2.75, 3.05) is 5.33 Å². The molecule has 0 heterocycles. The maximum Gasteiger partial charge on any atom is 2.00 e. The van der Waals surface area contributed by atoms with Crippen molar-refractivity contribution in [3.05, 3.63) is 60.2 Å². The molecule has 0 aliphatic heterocycles. The summed E-state index contributed by atoms with van der Waals surface area (Å²) in [6, 6.07) is 18.8. The van der Waals surface area contributed by atoms with Crippen LogP contribution in [-0.2, 0) is 23.5 Å². The second-order valence-corrected chi connectivity index (χ2v) is 8.44. The number of hydrogen-bond acceptors (Lipinski definition) is 0. The first-order valence-corrected chi connectivity index (χ1v) is 12.5. The van der Waals surface area contributed by atoms with Gasteiger partial charge in [-0.3, -0.25) is 0 Å². The average molecular weight is 489 g/mol. The third-order valence-electron chi connectivity index (χ3n) is 5.14. The van der Waals surface area contributed by atoms with Crippen molar-refractivity contribution in [2.24, 2.45) is 0 Å². The van der Waals surface area contributed by atoms with Gasteiger partial charge in [-0.15, -0.1) is 0 Å². The molecular weight excluding hydrogens is 448 g/mol. The van der Waals surface area contributed by atoms with Gasteiger partial charge in [0, 0.05) is 5.33 Å². The summed E-state index contributed by atoms with van der Waals surface area (Å²) in [5.41, 5.74) is 1.52. The van der Waals surface area contributed by atoms with Crippen molar-refractivity contribution >= 4 is 15.9 Å². The molecule has 0 bridgehead atoms. The van der Waals surface area contributed by atoms with Crippen LogP contribution in [0.4, 0.5) is 0 Å². The molecule has 0 aromatic heterocycles. The molecule has 2 aromatic rings. The molecule has 0 saturated heterocycles. The normalized spacial score (nSPS) is 10.2. The SMILES string of the molecule is BrCCCCCCCCCCCCCCCCc1cc[cH-]c1.[Fe+2].c1cc[cH-]c1. The predicted octanol–water partition coefficient (Wildman–Crippen LogP) is 9.21. The van der Waals surface area contributed by atoms with Crippen LogP contribution in [0.15, 0.2) is 54.6 Å². The fraction of sp³-hybridized carbons (Fsp3) is 0.615. The molecule has 0 N–H and O–H groups in total. The van der Waals surface area contributed by atoms with E-state index in [2.05, 4.69) is 40.2 Å². The maximum absolute atomic E-state index is 3.50. The van der Waals surface area contributed by atoms with Crippen molar-refractivity contribution in [3.8, 4) is 0 Å². The van der Waals surface area contributed by atoms with Gasteiger partial charge in [0.05, 0.1) is 0 Å². The molecule has 0 spiro atoms. The number of rotatable bonds is 16. The Morgan fingerprint density at radius 2 is 1.04 bits per heavy atom. The van der Waals surface area contributed by atoms with Crippen LogP contribution in [0, 0.1) is 0 Å². The van der Waals surface area contributed by atoms with Crippen molar-refractivity contribution in [3.63, 3.8) is 0 Å². The Hall–Kier alpha value is -0.301. The van der Waals surface area contributed by atoms with E-state index in [0.29, 0.717) is 0 Å². The number of halogens is 1. The average Bonchev–Trinajstić information content (AvgIpc) is 3.41. The van der Waals surface area contributed by atoms with E-state index in [4.69, 9.17) is 0 Å². The molecule has 0 nitrogen and oxygen atoms in total. The van der Waals surface area contributed by atoms with Gasteiger partial charge in [0.1, 0.15) is 0 Å². The zero-order valence-electron chi connectivity index (χ0n) is 17.7. The molecule has 160 valence electrons. The van der Waals surface area contributed by atoms with Crippen LogP contribution in [0.1, 0.15) is 95.5 Å². The summed E-state index contributed by atoms with van der Waals surface area (Å²) in [5, 5.41) is 1.18. The molecule has 2 heteroatoms. The Kier molecular flexibility index (Phi) is 22.7. The van der Waals surface area contributed by atoms with Crippen LogP contribution in [0.25, 0.3) is 0 Å². The molecule has 0 saturated carbocycles. The first-order valence-electron chi connectivity index (χ1n) is 11.4. The number of unbranched alkanes of at least 4 members (excludes halogenated alkanes) is 13. The van der Waals surface area contributed by atoms with E-state index in [1.807, 2.05) is 30.3 Å². The van der Waals surface area contributed by atoms with Crippen LogP contribution >= 0.6 is 15.9 Å². The molecular formula is C26H41BrFe. The van der Waals surface area contributed by atoms with Gasteiger partial charge in [-0.25, -0.2) is 18.2 Å². The van der Waals surface area contributed by atoms with Crippen LogP contribution in [0.3, 0.4) is 0 Å². The molecule has 0 unspecified atom stereocenters. The molecule has 2 rings (SSSR count). The minimum absolute atomic E-state index is 0. The fourth-order valence-corrected chi connectivity index (χ4v) is 3.84. The largest absolute Gasteiger partial charge is 2.00 e. The zero-order chi connectivity index (χ0) is 19.3. The van der Waals surface area contributed by atoms with Gasteiger partial charge in [-0.05, 0) is 6.42 Å². The molecule has 0 radical (unpaired) electrons. The van der Waals surface area contributed by atoms with E-state index in [1.165, 1.54) is 107 Å². The monoisotopic (exact) mass is 488 g/mol. The summed E-state index contributed by atoms with van der Waals surface area (Å²) < 4.78 is 0. The van der Waals surface area contributed by atoms with E-state index in [1.54, 1.807) is 0 Å². The maximum atomic E-state index is 3.50. The summed E-state index contributed by atoms with van der Waals surface area (Å²) in [4.78, 5) is 0. The Labute approximate surface area is 194 Å². The van der Waals surface area contributed by atoms with E-state index in [0.717, 1.165) is 0 Å². The topological polar surface area (TPSA) is 0 Å². The Morgan fingerprint density at radius 1 is 0.571 bits per heavy atom. The number of alkyl halides is 1.